The van der Waals surface area contributed by atoms with Crippen LogP contribution < -0.4 is 39.6 Å². The molecule has 0 aliphatic rings. The molecule has 0 saturated carbocycles. The third kappa shape index (κ3) is 6.80. The zero-order valence-electron chi connectivity index (χ0n) is 22.1. The van der Waals surface area contributed by atoms with Crippen LogP contribution in [0.1, 0.15) is 76.4 Å². The van der Waals surface area contributed by atoms with Gasteiger partial charge in [-0.1, -0.05) is 27.7 Å². The van der Waals surface area contributed by atoms with Gasteiger partial charge in [0.25, 0.3) is 15.9 Å². The van der Waals surface area contributed by atoms with Gasteiger partial charge in [0.1, 0.15) is 11.5 Å². The van der Waals surface area contributed by atoms with Gasteiger partial charge in [0.2, 0.25) is 0 Å². The summed E-state index contributed by atoms with van der Waals surface area (Å²) in [5, 5.41) is 6.02. The van der Waals surface area contributed by atoms with Crippen LogP contribution in [0.4, 0.5) is 14.9 Å². The Morgan fingerprint density at radius 3 is 2.03 bits per heavy atom. The quantitative estimate of drug-likeness (QED) is 0.518. The van der Waals surface area contributed by atoms with E-state index in [-0.39, 0.29) is 54.4 Å². The average Bonchev–Trinajstić information content (AvgIpc) is 3.11. The van der Waals surface area contributed by atoms with Crippen LogP contribution in [-0.2, 0) is 17.1 Å². The number of hydrogen-bond acceptors (Lipinski definition) is 5. The number of nitrogens with one attached hydrogen (secondary N) is 2. The number of benzene rings is 1. The standard InChI is InChI=1S/C22H32FN5O4S.Na.H/c1-8-28(9-2)21(29)18-12-19(25-27(18)7)33(31,32)26-22(30)24-20-16(13(3)4)10-15(23)11-17(20)14(5)6;;/h10-14H,8-9H2,1-7H3,(H2,24,26,30);;/q;+1;-1. The number of nitrogens with zero attached hydrogens (tertiary/aromatic N) is 3. The summed E-state index contributed by atoms with van der Waals surface area (Å²) in [6.45, 7) is 11.9. The van der Waals surface area contributed by atoms with Crippen molar-refractivity contribution in [2.24, 2.45) is 7.05 Å². The summed E-state index contributed by atoms with van der Waals surface area (Å²) in [6.07, 6.45) is 0. The number of amides is 3. The van der Waals surface area contributed by atoms with Gasteiger partial charge >= 0.3 is 35.6 Å². The Morgan fingerprint density at radius 2 is 1.59 bits per heavy atom. The zero-order chi connectivity index (χ0) is 25.1. The fourth-order valence-electron chi connectivity index (χ4n) is 3.46. The van der Waals surface area contributed by atoms with E-state index in [2.05, 4.69) is 10.4 Å². The summed E-state index contributed by atoms with van der Waals surface area (Å²) >= 11 is 0. The van der Waals surface area contributed by atoms with Gasteiger partial charge in [0, 0.05) is 31.9 Å². The van der Waals surface area contributed by atoms with Crippen molar-refractivity contribution in [3.8, 4) is 0 Å². The van der Waals surface area contributed by atoms with Crippen LogP contribution >= 0.6 is 0 Å². The summed E-state index contributed by atoms with van der Waals surface area (Å²) < 4.78 is 42.8. The van der Waals surface area contributed by atoms with Crippen LogP contribution in [0.15, 0.2) is 23.2 Å². The number of anilines is 1. The number of rotatable bonds is 8. The van der Waals surface area contributed by atoms with Crippen molar-refractivity contribution in [2.45, 2.75) is 58.4 Å². The number of aromatic nitrogens is 2. The molecule has 0 aliphatic heterocycles. The molecule has 2 N–H and O–H groups in total. The van der Waals surface area contributed by atoms with Crippen molar-refractivity contribution >= 4 is 27.6 Å². The third-order valence-electron chi connectivity index (χ3n) is 5.28. The minimum absolute atomic E-state index is 0. The molecule has 0 spiro atoms. The largest absolute Gasteiger partial charge is 1.00 e. The van der Waals surface area contributed by atoms with Gasteiger partial charge in [-0.3, -0.25) is 9.48 Å². The molecule has 0 atom stereocenters. The Bertz CT molecular complexity index is 1120. The smallest absolute Gasteiger partial charge is 1.00 e. The molecule has 34 heavy (non-hydrogen) atoms. The maximum atomic E-state index is 14.1. The van der Waals surface area contributed by atoms with Gasteiger partial charge in [-0.05, 0) is 48.9 Å². The van der Waals surface area contributed by atoms with E-state index >= 15 is 0 Å². The first kappa shape index (κ1) is 30.1. The zero-order valence-corrected chi connectivity index (χ0v) is 23.9. The minimum atomic E-state index is -4.37. The molecule has 12 heteroatoms. The number of hydrogen-bond donors (Lipinski definition) is 2. The number of carbonyl (C=O) groups is 2. The molecule has 2 aromatic rings. The summed E-state index contributed by atoms with van der Waals surface area (Å²) in [5.41, 5.74) is 1.56. The summed E-state index contributed by atoms with van der Waals surface area (Å²) in [5.74, 6) is -1.03. The van der Waals surface area contributed by atoms with Gasteiger partial charge < -0.3 is 11.6 Å². The monoisotopic (exact) mass is 505 g/mol. The van der Waals surface area contributed by atoms with Crippen molar-refractivity contribution in [2.75, 3.05) is 18.4 Å². The van der Waals surface area contributed by atoms with E-state index in [4.69, 9.17) is 0 Å². The minimum Gasteiger partial charge on any atom is -1.00 e. The second kappa shape index (κ2) is 12.1. The van der Waals surface area contributed by atoms with E-state index in [1.54, 1.807) is 0 Å². The van der Waals surface area contributed by atoms with E-state index in [1.165, 1.54) is 28.8 Å². The van der Waals surface area contributed by atoms with Gasteiger partial charge in [0.05, 0.1) is 0 Å². The number of urea groups is 1. The van der Waals surface area contributed by atoms with Crippen molar-refractivity contribution in [1.82, 2.24) is 19.4 Å². The summed E-state index contributed by atoms with van der Waals surface area (Å²) in [7, 11) is -2.91. The molecule has 0 radical (unpaired) electrons. The first-order chi connectivity index (χ1) is 15.3. The third-order valence-corrected chi connectivity index (χ3v) is 6.48. The molecule has 0 unspecified atom stereocenters. The van der Waals surface area contributed by atoms with E-state index in [9.17, 15) is 22.4 Å². The molecule has 0 fully saturated rings. The van der Waals surface area contributed by atoms with Crippen molar-refractivity contribution in [3.63, 3.8) is 0 Å². The van der Waals surface area contributed by atoms with Crippen LogP contribution in [-0.4, -0.2) is 48.1 Å². The fourth-order valence-corrected chi connectivity index (χ4v) is 4.36. The van der Waals surface area contributed by atoms with Crippen LogP contribution in [0, 0.1) is 5.82 Å². The van der Waals surface area contributed by atoms with Gasteiger partial charge in [-0.25, -0.2) is 13.9 Å². The van der Waals surface area contributed by atoms with Gasteiger partial charge in [-0.15, -0.1) is 0 Å². The Hall–Kier alpha value is -1.95. The Balaban J connectivity index is 0.00000578. The summed E-state index contributed by atoms with van der Waals surface area (Å²) in [6, 6.07) is 2.77. The molecule has 1 heterocycles. The van der Waals surface area contributed by atoms with E-state index in [1.807, 2.05) is 46.3 Å². The number of carbonyl (C=O) groups excluding carboxylic acids is 2. The Kier molecular flexibility index (Phi) is 10.7. The van der Waals surface area contributed by atoms with Crippen LogP contribution in [0.25, 0.3) is 0 Å². The van der Waals surface area contributed by atoms with E-state index in [0.29, 0.717) is 29.9 Å². The van der Waals surface area contributed by atoms with Crippen LogP contribution in [0.3, 0.4) is 0 Å². The first-order valence-electron chi connectivity index (χ1n) is 10.8. The molecule has 9 nitrogen and oxygen atoms in total. The van der Waals surface area contributed by atoms with Crippen LogP contribution in [0.5, 0.6) is 0 Å². The number of sulfonamides is 1. The predicted molar refractivity (Wildman–Crippen MR) is 125 cm³/mol. The second-order valence-corrected chi connectivity index (χ2v) is 9.93. The molecule has 2 rings (SSSR count). The molecule has 0 bridgehead atoms. The molecular weight excluding hydrogens is 472 g/mol. The van der Waals surface area contributed by atoms with Crippen molar-refractivity contribution < 1.29 is 53.4 Å². The predicted octanol–water partition coefficient (Wildman–Crippen LogP) is 0.915. The Morgan fingerprint density at radius 1 is 1.09 bits per heavy atom. The molecule has 3 amide bonds. The maximum absolute atomic E-state index is 14.1. The normalized spacial score (nSPS) is 11.4. The van der Waals surface area contributed by atoms with E-state index < -0.39 is 26.9 Å². The molecule has 1 aromatic heterocycles. The number of aryl methyl sites for hydroxylation is 1. The van der Waals surface area contributed by atoms with Gasteiger partial charge in [0.15, 0.2) is 5.03 Å². The fraction of sp³-hybridized carbons (Fsp3) is 0.500. The van der Waals surface area contributed by atoms with Crippen molar-refractivity contribution in [3.05, 3.63) is 40.8 Å². The van der Waals surface area contributed by atoms with Crippen molar-refractivity contribution in [1.29, 1.82) is 0 Å². The molecule has 184 valence electrons. The molecular formula is C22H33FN5NaO4S. The van der Waals surface area contributed by atoms with Crippen LogP contribution in [0.2, 0.25) is 0 Å². The first-order valence-corrected chi connectivity index (χ1v) is 12.3. The van der Waals surface area contributed by atoms with E-state index in [0.717, 1.165) is 6.07 Å². The topological polar surface area (TPSA) is 113 Å². The second-order valence-electron chi connectivity index (χ2n) is 8.30. The SMILES string of the molecule is CCN(CC)C(=O)c1cc(S(=O)(=O)NC(=O)Nc2c(C(C)C)cc(F)cc2C(C)C)nn1C.[H-].[Na+]. The molecule has 0 aliphatic carbocycles. The Labute approximate surface area is 224 Å². The molecule has 1 aromatic carbocycles. The average molecular weight is 506 g/mol. The maximum Gasteiger partial charge on any atom is 1.00 e. The summed E-state index contributed by atoms with van der Waals surface area (Å²) in [4.78, 5) is 26.8. The molecule has 0 saturated heterocycles. The van der Waals surface area contributed by atoms with Gasteiger partial charge in [-0.2, -0.15) is 13.5 Å². The number of halogens is 1.